The van der Waals surface area contributed by atoms with Crippen LogP contribution < -0.4 is 0 Å². The van der Waals surface area contributed by atoms with Crippen molar-refractivity contribution < 1.29 is 19.4 Å². The van der Waals surface area contributed by atoms with Crippen molar-refractivity contribution in [1.29, 1.82) is 0 Å². The van der Waals surface area contributed by atoms with Crippen LogP contribution in [0.4, 0.5) is 0 Å². The molecule has 1 aliphatic heterocycles. The number of methoxy groups -OCH3 is 1. The predicted molar refractivity (Wildman–Crippen MR) is 92.4 cm³/mol. The van der Waals surface area contributed by atoms with E-state index in [1.807, 2.05) is 0 Å². The molecule has 0 radical (unpaired) electrons. The first kappa shape index (κ1) is 20.4. The van der Waals surface area contributed by atoms with Gasteiger partial charge in [-0.3, -0.25) is 4.79 Å². The number of epoxide rings is 1. The van der Waals surface area contributed by atoms with Gasteiger partial charge in [0, 0.05) is 12.8 Å². The van der Waals surface area contributed by atoms with Gasteiger partial charge in [-0.2, -0.15) is 0 Å². The summed E-state index contributed by atoms with van der Waals surface area (Å²) < 4.78 is 10.3. The van der Waals surface area contributed by atoms with Crippen molar-refractivity contribution in [3.8, 4) is 0 Å². The average molecular weight is 328 g/mol. The van der Waals surface area contributed by atoms with Gasteiger partial charge in [0.05, 0.1) is 25.4 Å². The van der Waals surface area contributed by atoms with E-state index in [0.717, 1.165) is 38.5 Å². The van der Waals surface area contributed by atoms with Crippen molar-refractivity contribution in [2.24, 2.45) is 0 Å². The van der Waals surface area contributed by atoms with Crippen molar-refractivity contribution in [3.05, 3.63) is 0 Å². The van der Waals surface area contributed by atoms with Crippen LogP contribution in [0.5, 0.6) is 0 Å². The summed E-state index contributed by atoms with van der Waals surface area (Å²) >= 11 is 0. The lowest BCUT2D eigenvalue weighted by Crippen LogP contribution is -2.11. The summed E-state index contributed by atoms with van der Waals surface area (Å²) in [6, 6.07) is 0. The van der Waals surface area contributed by atoms with Crippen LogP contribution in [0.25, 0.3) is 0 Å². The van der Waals surface area contributed by atoms with Gasteiger partial charge >= 0.3 is 5.97 Å². The van der Waals surface area contributed by atoms with Gasteiger partial charge in [-0.1, -0.05) is 58.3 Å². The summed E-state index contributed by atoms with van der Waals surface area (Å²) in [5, 5.41) is 9.99. The first-order chi connectivity index (χ1) is 11.2. The quantitative estimate of drug-likeness (QED) is 0.275. The van der Waals surface area contributed by atoms with Crippen molar-refractivity contribution in [1.82, 2.24) is 0 Å². The Labute approximate surface area is 141 Å². The van der Waals surface area contributed by atoms with Gasteiger partial charge in [0.15, 0.2) is 0 Å². The maximum Gasteiger partial charge on any atom is 0.305 e. The van der Waals surface area contributed by atoms with E-state index in [-0.39, 0.29) is 12.1 Å². The second kappa shape index (κ2) is 12.8. The van der Waals surface area contributed by atoms with Crippen LogP contribution in [-0.4, -0.2) is 36.5 Å². The fourth-order valence-corrected chi connectivity index (χ4v) is 3.08. The van der Waals surface area contributed by atoms with Gasteiger partial charge < -0.3 is 14.6 Å². The number of carbonyl (C=O) groups is 1. The largest absolute Gasteiger partial charge is 0.469 e. The summed E-state index contributed by atoms with van der Waals surface area (Å²) in [5.74, 6) is -0.104. The number of rotatable bonds is 15. The molecular formula is C19H36O4. The van der Waals surface area contributed by atoms with Crippen LogP contribution in [0.15, 0.2) is 0 Å². The second-order valence-electron chi connectivity index (χ2n) is 6.83. The first-order valence-electron chi connectivity index (χ1n) is 9.57. The molecule has 3 atom stereocenters. The van der Waals surface area contributed by atoms with Crippen LogP contribution in [0.1, 0.15) is 90.4 Å². The molecule has 0 bridgehead atoms. The highest BCUT2D eigenvalue weighted by atomic mass is 16.6. The summed E-state index contributed by atoms with van der Waals surface area (Å²) in [4.78, 5) is 11.0. The zero-order valence-corrected chi connectivity index (χ0v) is 15.1. The van der Waals surface area contributed by atoms with Crippen molar-refractivity contribution >= 4 is 5.97 Å². The summed E-state index contributed by atoms with van der Waals surface area (Å²) in [6.45, 7) is 2.21. The van der Waals surface area contributed by atoms with Gasteiger partial charge in [-0.05, 0) is 19.3 Å². The highest BCUT2D eigenvalue weighted by Crippen LogP contribution is 2.32. The molecular weight excluding hydrogens is 292 g/mol. The SMILES string of the molecule is CCCCCCC(O)C[C@@H]1O[C@@H]1CCCCCCCC(=O)OC. The van der Waals surface area contributed by atoms with E-state index in [2.05, 4.69) is 11.7 Å². The predicted octanol–water partition coefficient (Wildman–Crippen LogP) is 4.38. The number of hydrogen-bond acceptors (Lipinski definition) is 4. The third kappa shape index (κ3) is 10.7. The Hall–Kier alpha value is -0.610. The molecule has 136 valence electrons. The topological polar surface area (TPSA) is 59.1 Å². The molecule has 4 nitrogen and oxygen atoms in total. The Balaban J connectivity index is 1.86. The lowest BCUT2D eigenvalue weighted by molar-refractivity contribution is -0.140. The van der Waals surface area contributed by atoms with Crippen molar-refractivity contribution in [2.45, 2.75) is 109 Å². The Kier molecular flexibility index (Phi) is 11.3. The molecule has 1 rings (SSSR count). The molecule has 0 aliphatic carbocycles. The van der Waals surface area contributed by atoms with Gasteiger partial charge in [0.1, 0.15) is 0 Å². The maximum absolute atomic E-state index is 11.0. The molecule has 0 aromatic carbocycles. The summed E-state index contributed by atoms with van der Waals surface area (Å²) in [7, 11) is 1.44. The highest BCUT2D eigenvalue weighted by Gasteiger charge is 2.38. The molecule has 0 aromatic heterocycles. The number of aliphatic hydroxyl groups excluding tert-OH is 1. The van der Waals surface area contributed by atoms with Gasteiger partial charge in [-0.15, -0.1) is 0 Å². The van der Waals surface area contributed by atoms with E-state index in [1.54, 1.807) is 0 Å². The minimum Gasteiger partial charge on any atom is -0.469 e. The zero-order valence-electron chi connectivity index (χ0n) is 15.1. The Morgan fingerprint density at radius 3 is 2.48 bits per heavy atom. The molecule has 1 N–H and O–H groups in total. The number of ether oxygens (including phenoxy) is 2. The minimum absolute atomic E-state index is 0.104. The van der Waals surface area contributed by atoms with E-state index in [1.165, 1.54) is 45.6 Å². The van der Waals surface area contributed by atoms with E-state index >= 15 is 0 Å². The lowest BCUT2D eigenvalue weighted by atomic mass is 10.0. The highest BCUT2D eigenvalue weighted by molar-refractivity contribution is 5.68. The number of hydrogen-bond donors (Lipinski definition) is 1. The van der Waals surface area contributed by atoms with Gasteiger partial charge in [-0.25, -0.2) is 0 Å². The molecule has 1 fully saturated rings. The maximum atomic E-state index is 11.0. The Morgan fingerprint density at radius 2 is 1.74 bits per heavy atom. The molecule has 0 amide bonds. The fourth-order valence-electron chi connectivity index (χ4n) is 3.08. The van der Waals surface area contributed by atoms with Crippen LogP contribution in [0, 0.1) is 0 Å². The summed E-state index contributed by atoms with van der Waals surface area (Å²) in [5.41, 5.74) is 0. The minimum atomic E-state index is -0.180. The fraction of sp³-hybridized carbons (Fsp3) is 0.947. The normalized spacial score (nSPS) is 21.2. The molecule has 1 saturated heterocycles. The standard InChI is InChI=1S/C19H36O4/c1-3-4-5-9-12-16(20)15-18-17(23-18)13-10-7-6-8-11-14-19(21)22-2/h16-18,20H,3-15H2,1-2H3/t16?,17-,18+/m1/s1. The van der Waals surface area contributed by atoms with E-state index in [9.17, 15) is 9.90 Å². The molecule has 1 aliphatic rings. The third-order valence-electron chi connectivity index (χ3n) is 4.68. The molecule has 0 saturated carbocycles. The van der Waals surface area contributed by atoms with Crippen LogP contribution in [-0.2, 0) is 14.3 Å². The van der Waals surface area contributed by atoms with E-state index < -0.39 is 0 Å². The Bertz CT molecular complexity index is 306. The lowest BCUT2D eigenvalue weighted by Gasteiger charge is -2.08. The first-order valence-corrected chi connectivity index (χ1v) is 9.57. The number of unbranched alkanes of at least 4 members (excludes halogenated alkanes) is 7. The van der Waals surface area contributed by atoms with Crippen LogP contribution in [0.2, 0.25) is 0 Å². The molecule has 1 unspecified atom stereocenters. The second-order valence-corrected chi connectivity index (χ2v) is 6.83. The number of carbonyl (C=O) groups excluding carboxylic acids is 1. The Morgan fingerprint density at radius 1 is 1.04 bits per heavy atom. The van der Waals surface area contributed by atoms with E-state index in [0.29, 0.717) is 18.6 Å². The molecule has 0 aromatic rings. The third-order valence-corrected chi connectivity index (χ3v) is 4.68. The molecule has 23 heavy (non-hydrogen) atoms. The zero-order chi connectivity index (χ0) is 16.9. The van der Waals surface area contributed by atoms with Crippen molar-refractivity contribution in [2.75, 3.05) is 7.11 Å². The summed E-state index contributed by atoms with van der Waals surface area (Å²) in [6.07, 6.45) is 14.4. The monoisotopic (exact) mass is 328 g/mol. The average Bonchev–Trinajstić information content (AvgIpc) is 3.28. The molecule has 4 heteroatoms. The van der Waals surface area contributed by atoms with Gasteiger partial charge in [0.25, 0.3) is 0 Å². The molecule has 0 spiro atoms. The van der Waals surface area contributed by atoms with Crippen LogP contribution >= 0.6 is 0 Å². The van der Waals surface area contributed by atoms with E-state index in [4.69, 9.17) is 4.74 Å². The smallest absolute Gasteiger partial charge is 0.305 e. The molecule has 1 heterocycles. The van der Waals surface area contributed by atoms with Crippen molar-refractivity contribution in [3.63, 3.8) is 0 Å². The van der Waals surface area contributed by atoms with Crippen LogP contribution in [0.3, 0.4) is 0 Å². The number of esters is 1. The number of aliphatic hydroxyl groups is 1. The van der Waals surface area contributed by atoms with Gasteiger partial charge in [0.2, 0.25) is 0 Å².